The molecule has 2 aliphatic rings. The summed E-state index contributed by atoms with van der Waals surface area (Å²) in [6.07, 6.45) is 4.71. The third kappa shape index (κ3) is 2.96. The molecule has 0 saturated carbocycles. The van der Waals surface area contributed by atoms with Gasteiger partial charge >= 0.3 is 0 Å². The van der Waals surface area contributed by atoms with Crippen molar-refractivity contribution in [1.82, 2.24) is 9.47 Å². The number of rotatable bonds is 2. The molecule has 2 unspecified atom stereocenters. The van der Waals surface area contributed by atoms with Gasteiger partial charge in [0.05, 0.1) is 11.7 Å². The Hall–Kier alpha value is -2.52. The lowest BCUT2D eigenvalue weighted by molar-refractivity contribution is 0.0822. The Bertz CT molecular complexity index is 909. The molecule has 138 valence electrons. The number of hydrogen-bond acceptors (Lipinski definition) is 2. The highest BCUT2D eigenvalue weighted by Gasteiger charge is 2.35. The van der Waals surface area contributed by atoms with Crippen molar-refractivity contribution < 1.29 is 4.74 Å². The molecule has 2 atom stereocenters. The fraction of sp³-hybridized carbons (Fsp3) is 0.333. The van der Waals surface area contributed by atoms with Crippen LogP contribution in [0.3, 0.4) is 0 Å². The van der Waals surface area contributed by atoms with Gasteiger partial charge in [-0.2, -0.15) is 0 Å². The molecule has 2 aromatic carbocycles. The highest BCUT2D eigenvalue weighted by atomic mass is 16.5. The predicted octanol–water partition coefficient (Wildman–Crippen LogP) is 4.90. The van der Waals surface area contributed by atoms with Gasteiger partial charge in [-0.1, -0.05) is 48.5 Å². The molecule has 27 heavy (non-hydrogen) atoms. The van der Waals surface area contributed by atoms with Gasteiger partial charge in [-0.25, -0.2) is 0 Å². The van der Waals surface area contributed by atoms with E-state index in [2.05, 4.69) is 89.4 Å². The summed E-state index contributed by atoms with van der Waals surface area (Å²) in [6.45, 7) is 2.30. The smallest absolute Gasteiger partial charge is 0.141 e. The molecule has 0 bridgehead atoms. The number of fused-ring (bicyclic) bond motifs is 2. The van der Waals surface area contributed by atoms with Crippen molar-refractivity contribution in [2.45, 2.75) is 25.0 Å². The average Bonchev–Trinajstić information content (AvgIpc) is 3.13. The SMILES string of the molecule is CN1CCC(C2Oc3ccccc3C(c3ccccc3)n3cccc32)CC1. The summed E-state index contributed by atoms with van der Waals surface area (Å²) in [6, 6.07) is 23.9. The van der Waals surface area contributed by atoms with Crippen LogP contribution in [-0.4, -0.2) is 29.6 Å². The van der Waals surface area contributed by atoms with Gasteiger partial charge in [-0.05, 0) is 56.7 Å². The molecule has 1 fully saturated rings. The molecule has 0 radical (unpaired) electrons. The normalized spacial score (nSPS) is 23.1. The number of ether oxygens (including phenoxy) is 1. The Kier molecular flexibility index (Phi) is 4.25. The number of piperidine rings is 1. The van der Waals surface area contributed by atoms with Crippen molar-refractivity contribution in [2.75, 3.05) is 20.1 Å². The minimum Gasteiger partial charge on any atom is -0.484 e. The van der Waals surface area contributed by atoms with Crippen molar-refractivity contribution >= 4 is 0 Å². The number of aromatic nitrogens is 1. The highest BCUT2D eigenvalue weighted by Crippen LogP contribution is 2.44. The maximum atomic E-state index is 6.73. The van der Waals surface area contributed by atoms with Crippen molar-refractivity contribution in [1.29, 1.82) is 0 Å². The summed E-state index contributed by atoms with van der Waals surface area (Å²) in [5.41, 5.74) is 3.85. The van der Waals surface area contributed by atoms with Crippen LogP contribution in [0.4, 0.5) is 0 Å². The van der Waals surface area contributed by atoms with Crippen LogP contribution in [0, 0.1) is 5.92 Å². The fourth-order valence-electron chi connectivity index (χ4n) is 4.69. The van der Waals surface area contributed by atoms with E-state index in [4.69, 9.17) is 4.74 Å². The summed E-state index contributed by atoms with van der Waals surface area (Å²) >= 11 is 0. The van der Waals surface area contributed by atoms with E-state index in [0.717, 1.165) is 18.8 Å². The Morgan fingerprint density at radius 2 is 1.59 bits per heavy atom. The van der Waals surface area contributed by atoms with Gasteiger partial charge in [0.15, 0.2) is 0 Å². The number of para-hydroxylation sites is 1. The first-order valence-electron chi connectivity index (χ1n) is 9.97. The number of hydrogen-bond donors (Lipinski definition) is 0. The molecule has 3 heteroatoms. The van der Waals surface area contributed by atoms with Gasteiger partial charge in [0.2, 0.25) is 0 Å². The van der Waals surface area contributed by atoms with Gasteiger partial charge in [0.25, 0.3) is 0 Å². The average molecular weight is 358 g/mol. The van der Waals surface area contributed by atoms with Crippen LogP contribution in [0.15, 0.2) is 72.9 Å². The first kappa shape index (κ1) is 16.6. The maximum Gasteiger partial charge on any atom is 0.141 e. The standard InChI is InChI=1S/C24H26N2O/c1-25-16-13-19(14-17-25)24-21-11-7-15-26(21)23(18-8-3-2-4-9-18)20-10-5-6-12-22(20)27-24/h2-12,15,19,23-24H,13-14,16-17H2,1H3. The van der Waals surface area contributed by atoms with Gasteiger partial charge in [-0.15, -0.1) is 0 Å². The quantitative estimate of drug-likeness (QED) is 0.648. The summed E-state index contributed by atoms with van der Waals surface area (Å²) in [5.74, 6) is 1.58. The molecule has 3 nitrogen and oxygen atoms in total. The van der Waals surface area contributed by atoms with Crippen molar-refractivity contribution in [2.24, 2.45) is 5.92 Å². The van der Waals surface area contributed by atoms with Gasteiger partial charge in [-0.3, -0.25) is 0 Å². The predicted molar refractivity (Wildman–Crippen MR) is 108 cm³/mol. The van der Waals surface area contributed by atoms with Crippen LogP contribution in [0.1, 0.15) is 41.8 Å². The van der Waals surface area contributed by atoms with Crippen LogP contribution in [0.25, 0.3) is 0 Å². The lowest BCUT2D eigenvalue weighted by atomic mass is 9.89. The van der Waals surface area contributed by atoms with E-state index in [0.29, 0.717) is 5.92 Å². The Morgan fingerprint density at radius 3 is 2.41 bits per heavy atom. The number of benzene rings is 2. The second kappa shape index (κ2) is 6.90. The zero-order valence-corrected chi connectivity index (χ0v) is 15.8. The van der Waals surface area contributed by atoms with Crippen molar-refractivity contribution in [3.05, 3.63) is 89.7 Å². The monoisotopic (exact) mass is 358 g/mol. The minimum absolute atomic E-state index is 0.114. The second-order valence-electron chi connectivity index (χ2n) is 7.87. The molecule has 0 spiro atoms. The minimum atomic E-state index is 0.114. The van der Waals surface area contributed by atoms with E-state index in [1.165, 1.54) is 29.7 Å². The Balaban J connectivity index is 1.64. The molecule has 3 aromatic rings. The fourth-order valence-corrected chi connectivity index (χ4v) is 4.69. The first-order valence-corrected chi connectivity index (χ1v) is 9.97. The van der Waals surface area contributed by atoms with E-state index in [1.54, 1.807) is 0 Å². The Morgan fingerprint density at radius 1 is 0.852 bits per heavy atom. The lowest BCUT2D eigenvalue weighted by Crippen LogP contribution is -2.34. The van der Waals surface area contributed by atoms with E-state index in [-0.39, 0.29) is 12.1 Å². The summed E-state index contributed by atoms with van der Waals surface area (Å²) in [4.78, 5) is 2.42. The molecular weight excluding hydrogens is 332 g/mol. The summed E-state index contributed by atoms with van der Waals surface area (Å²) in [5, 5.41) is 0. The van der Waals surface area contributed by atoms with Crippen LogP contribution in [-0.2, 0) is 0 Å². The van der Waals surface area contributed by atoms with Gasteiger partial charge in [0, 0.05) is 17.7 Å². The molecular formula is C24H26N2O. The molecule has 5 rings (SSSR count). The molecule has 0 amide bonds. The molecule has 0 aliphatic carbocycles. The van der Waals surface area contributed by atoms with Crippen LogP contribution < -0.4 is 4.74 Å². The van der Waals surface area contributed by atoms with Crippen molar-refractivity contribution in [3.63, 3.8) is 0 Å². The van der Waals surface area contributed by atoms with Crippen molar-refractivity contribution in [3.8, 4) is 5.75 Å². The maximum absolute atomic E-state index is 6.73. The second-order valence-corrected chi connectivity index (χ2v) is 7.87. The van der Waals surface area contributed by atoms with Crippen LogP contribution >= 0.6 is 0 Å². The van der Waals surface area contributed by atoms with Crippen LogP contribution in [0.2, 0.25) is 0 Å². The third-order valence-corrected chi connectivity index (χ3v) is 6.16. The molecule has 0 N–H and O–H groups in total. The van der Waals surface area contributed by atoms with E-state index < -0.39 is 0 Å². The Labute approximate surface area is 161 Å². The lowest BCUT2D eigenvalue weighted by Gasteiger charge is -2.34. The molecule has 2 aliphatic heterocycles. The summed E-state index contributed by atoms with van der Waals surface area (Å²) in [7, 11) is 2.22. The molecule has 1 saturated heterocycles. The molecule has 3 heterocycles. The largest absolute Gasteiger partial charge is 0.484 e. The van der Waals surface area contributed by atoms with E-state index in [9.17, 15) is 0 Å². The van der Waals surface area contributed by atoms with E-state index in [1.807, 2.05) is 0 Å². The highest BCUT2D eigenvalue weighted by molar-refractivity contribution is 5.45. The zero-order chi connectivity index (χ0) is 18.2. The van der Waals surface area contributed by atoms with Gasteiger partial charge < -0.3 is 14.2 Å². The zero-order valence-electron chi connectivity index (χ0n) is 15.8. The molecule has 1 aromatic heterocycles. The topological polar surface area (TPSA) is 17.4 Å². The summed E-state index contributed by atoms with van der Waals surface area (Å²) < 4.78 is 9.16. The number of likely N-dealkylation sites (tertiary alicyclic amines) is 1. The first-order chi connectivity index (χ1) is 13.3. The number of nitrogens with zero attached hydrogens (tertiary/aromatic N) is 2. The van der Waals surface area contributed by atoms with E-state index >= 15 is 0 Å². The van der Waals surface area contributed by atoms with Crippen LogP contribution in [0.5, 0.6) is 5.75 Å². The third-order valence-electron chi connectivity index (χ3n) is 6.16. The van der Waals surface area contributed by atoms with Gasteiger partial charge in [0.1, 0.15) is 11.9 Å².